The lowest BCUT2D eigenvalue weighted by Gasteiger charge is -2.12. The molecule has 0 radical (unpaired) electrons. The van der Waals surface area contributed by atoms with Gasteiger partial charge in [-0.25, -0.2) is 4.98 Å². The van der Waals surface area contributed by atoms with Crippen molar-refractivity contribution in [1.29, 1.82) is 0 Å². The molecule has 4 rings (SSSR count). The first-order valence-electron chi connectivity index (χ1n) is 11.3. The van der Waals surface area contributed by atoms with E-state index in [4.69, 9.17) is 14.5 Å². The fourth-order valence-electron chi connectivity index (χ4n) is 3.70. The van der Waals surface area contributed by atoms with Gasteiger partial charge in [-0.15, -0.1) is 0 Å². The van der Waals surface area contributed by atoms with Crippen molar-refractivity contribution < 1.29 is 13.7 Å². The lowest BCUT2D eigenvalue weighted by Crippen LogP contribution is -2.09. The fraction of sp³-hybridized carbons (Fsp3) is 0.259. The normalized spacial score (nSPS) is 12.4. The van der Waals surface area contributed by atoms with Crippen LogP contribution >= 0.6 is 0 Å². The van der Waals surface area contributed by atoms with Crippen molar-refractivity contribution in [1.82, 2.24) is 14.5 Å². The topological polar surface area (TPSA) is 66.2 Å². The molecule has 0 spiro atoms. The van der Waals surface area contributed by atoms with E-state index in [1.54, 1.807) is 13.3 Å². The van der Waals surface area contributed by atoms with Crippen LogP contribution in [0, 0.1) is 6.92 Å². The van der Waals surface area contributed by atoms with Crippen LogP contribution in [0.2, 0.25) is 0 Å². The summed E-state index contributed by atoms with van der Waals surface area (Å²) in [6.45, 7) is 3.74. The van der Waals surface area contributed by atoms with E-state index in [1.165, 1.54) is 0 Å². The first-order valence-corrected chi connectivity index (χ1v) is 12.6. The maximum absolute atomic E-state index is 13.5. The van der Waals surface area contributed by atoms with E-state index in [1.807, 2.05) is 60.0 Å². The maximum atomic E-state index is 13.5. The van der Waals surface area contributed by atoms with Crippen LogP contribution in [0.25, 0.3) is 17.1 Å². The summed E-state index contributed by atoms with van der Waals surface area (Å²) in [6, 6.07) is 19.9. The number of benzene rings is 2. The van der Waals surface area contributed by atoms with Crippen LogP contribution in [0.4, 0.5) is 0 Å². The molecule has 176 valence electrons. The third-order valence-corrected chi connectivity index (χ3v) is 6.75. The molecule has 2 heterocycles. The molecular weight excluding hydrogens is 446 g/mol. The summed E-state index contributed by atoms with van der Waals surface area (Å²) in [4.78, 5) is 9.20. The second kappa shape index (κ2) is 11.7. The summed E-state index contributed by atoms with van der Waals surface area (Å²) in [5.41, 5.74) is 4.57. The fourth-order valence-corrected chi connectivity index (χ4v) is 4.98. The van der Waals surface area contributed by atoms with E-state index in [9.17, 15) is 4.21 Å². The number of pyridine rings is 1. The van der Waals surface area contributed by atoms with Crippen molar-refractivity contribution >= 4 is 27.9 Å². The number of aromatic nitrogens is 3. The Morgan fingerprint density at radius 3 is 2.65 bits per heavy atom. The van der Waals surface area contributed by atoms with Gasteiger partial charge in [0, 0.05) is 38.4 Å². The van der Waals surface area contributed by atoms with Gasteiger partial charge in [0.25, 0.3) is 0 Å². The maximum Gasteiger partial charge on any atom is 0.200 e. The van der Waals surface area contributed by atoms with Crippen molar-refractivity contribution in [2.24, 2.45) is 0 Å². The van der Waals surface area contributed by atoms with E-state index in [-0.39, 0.29) is 5.75 Å². The first-order chi connectivity index (χ1) is 16.7. The van der Waals surface area contributed by atoms with Crippen molar-refractivity contribution in [3.05, 3.63) is 89.8 Å². The molecule has 1 unspecified atom stereocenters. The molecule has 2 aromatic carbocycles. The highest BCUT2D eigenvalue weighted by Crippen LogP contribution is 2.24. The quantitative estimate of drug-likeness (QED) is 0.280. The first kappa shape index (κ1) is 23.9. The average molecular weight is 476 g/mol. The van der Waals surface area contributed by atoms with Crippen LogP contribution in [0.5, 0.6) is 5.75 Å². The van der Waals surface area contributed by atoms with E-state index >= 15 is 0 Å². The molecule has 0 aliphatic rings. The largest absolute Gasteiger partial charge is 0.493 e. The Labute approximate surface area is 202 Å². The summed E-state index contributed by atoms with van der Waals surface area (Å²) in [5, 5.41) is 0.548. The molecule has 34 heavy (non-hydrogen) atoms. The van der Waals surface area contributed by atoms with Gasteiger partial charge in [-0.2, -0.15) is 0 Å². The summed E-state index contributed by atoms with van der Waals surface area (Å²) in [7, 11) is 0.303. The van der Waals surface area contributed by atoms with Crippen molar-refractivity contribution in [3.8, 4) is 5.75 Å². The third kappa shape index (κ3) is 5.79. The predicted octanol–water partition coefficient (Wildman–Crippen LogP) is 5.18. The number of nitrogens with zero attached hydrogens (tertiary/aromatic N) is 3. The number of hydrogen-bond acceptors (Lipinski definition) is 5. The number of ether oxygens (including phenoxy) is 2. The lowest BCUT2D eigenvalue weighted by atomic mass is 10.2. The molecule has 2 aromatic heterocycles. The minimum Gasteiger partial charge on any atom is -0.493 e. The van der Waals surface area contributed by atoms with Crippen LogP contribution in [-0.4, -0.2) is 39.1 Å². The van der Waals surface area contributed by atoms with Crippen molar-refractivity contribution in [2.45, 2.75) is 30.8 Å². The Morgan fingerprint density at radius 2 is 1.82 bits per heavy atom. The number of allylic oxidation sites excluding steroid dienone is 1. The molecule has 0 amide bonds. The highest BCUT2D eigenvalue weighted by atomic mass is 32.2. The van der Waals surface area contributed by atoms with Crippen LogP contribution in [0.3, 0.4) is 0 Å². The number of para-hydroxylation sites is 2. The zero-order valence-corrected chi connectivity index (χ0v) is 20.3. The van der Waals surface area contributed by atoms with Gasteiger partial charge in [-0.05, 0) is 30.7 Å². The Hall–Kier alpha value is -3.29. The minimum absolute atomic E-state index is 0.271. The standard InChI is InChI=1S/C27H29N3O3S/c1-21-24(28-16-15-26(21)33-19-9-18-32-2)20-34(31)27-29-23-13-6-7-14-25(23)30(27)17-8-12-22-10-4-3-5-11-22/h3-8,10-16H,9,17-20H2,1-2H3/b12-8+. The Bertz CT molecular complexity index is 1290. The molecule has 4 aromatic rings. The second-order valence-electron chi connectivity index (χ2n) is 7.87. The Kier molecular flexibility index (Phi) is 8.22. The monoisotopic (exact) mass is 475 g/mol. The molecule has 1 atom stereocenters. The highest BCUT2D eigenvalue weighted by molar-refractivity contribution is 7.84. The Balaban J connectivity index is 1.56. The molecule has 0 fully saturated rings. The number of rotatable bonds is 11. The van der Waals surface area contributed by atoms with Gasteiger partial charge in [0.2, 0.25) is 5.16 Å². The van der Waals surface area contributed by atoms with E-state index in [0.717, 1.165) is 40.0 Å². The zero-order valence-electron chi connectivity index (χ0n) is 19.5. The molecule has 0 N–H and O–H groups in total. The SMILES string of the molecule is COCCCOc1ccnc(CS(=O)c2nc3ccccc3n2C/C=C/c2ccccc2)c1C. The molecule has 0 saturated heterocycles. The molecular formula is C27H29N3O3S. The van der Waals surface area contributed by atoms with Crippen LogP contribution in [-0.2, 0) is 27.8 Å². The summed E-state index contributed by atoms with van der Waals surface area (Å²) < 4.78 is 26.5. The molecule has 0 aliphatic carbocycles. The van der Waals surface area contributed by atoms with Gasteiger partial charge >= 0.3 is 0 Å². The third-order valence-electron chi connectivity index (χ3n) is 5.50. The molecule has 7 heteroatoms. The van der Waals surface area contributed by atoms with Gasteiger partial charge in [0.1, 0.15) is 5.75 Å². The van der Waals surface area contributed by atoms with Crippen molar-refractivity contribution in [3.63, 3.8) is 0 Å². The number of hydrogen-bond donors (Lipinski definition) is 0. The number of methoxy groups -OCH3 is 1. The zero-order chi connectivity index (χ0) is 23.8. The van der Waals surface area contributed by atoms with Gasteiger partial charge in [0.05, 0.1) is 39.9 Å². The molecule has 0 aliphatic heterocycles. The highest BCUT2D eigenvalue weighted by Gasteiger charge is 2.18. The van der Waals surface area contributed by atoms with Gasteiger partial charge in [-0.1, -0.05) is 54.6 Å². The number of fused-ring (bicyclic) bond motifs is 1. The lowest BCUT2D eigenvalue weighted by molar-refractivity contribution is 0.172. The second-order valence-corrected chi connectivity index (χ2v) is 9.22. The van der Waals surface area contributed by atoms with Gasteiger partial charge in [-0.3, -0.25) is 9.19 Å². The Morgan fingerprint density at radius 1 is 1.03 bits per heavy atom. The summed E-state index contributed by atoms with van der Waals surface area (Å²) in [6.07, 6.45) is 6.65. The minimum atomic E-state index is -1.37. The summed E-state index contributed by atoms with van der Waals surface area (Å²) in [5.74, 6) is 1.03. The predicted molar refractivity (Wildman–Crippen MR) is 136 cm³/mol. The van der Waals surface area contributed by atoms with Crippen LogP contribution in [0.15, 0.2) is 78.1 Å². The number of imidazole rings is 1. The van der Waals surface area contributed by atoms with Gasteiger partial charge < -0.3 is 14.0 Å². The van der Waals surface area contributed by atoms with Gasteiger partial charge in [0.15, 0.2) is 0 Å². The van der Waals surface area contributed by atoms with Crippen molar-refractivity contribution in [2.75, 3.05) is 20.3 Å². The van der Waals surface area contributed by atoms with E-state index in [0.29, 0.717) is 24.9 Å². The van der Waals surface area contributed by atoms with Crippen LogP contribution < -0.4 is 4.74 Å². The van der Waals surface area contributed by atoms with Crippen LogP contribution in [0.1, 0.15) is 23.2 Å². The average Bonchev–Trinajstić information content (AvgIpc) is 3.23. The van der Waals surface area contributed by atoms with E-state index < -0.39 is 10.8 Å². The summed E-state index contributed by atoms with van der Waals surface area (Å²) >= 11 is 0. The molecule has 0 bridgehead atoms. The molecule has 6 nitrogen and oxygen atoms in total. The molecule has 0 saturated carbocycles. The van der Waals surface area contributed by atoms with E-state index in [2.05, 4.69) is 29.3 Å². The smallest absolute Gasteiger partial charge is 0.200 e.